The molecule has 2 aliphatic rings. The molecule has 1 aromatic heterocycles. The number of pyridine rings is 1. The number of aromatic nitrogens is 1. The van der Waals surface area contributed by atoms with E-state index in [1.54, 1.807) is 30.5 Å². The number of sulfonamides is 1. The molecule has 2 aliphatic carbocycles. The summed E-state index contributed by atoms with van der Waals surface area (Å²) in [7, 11) is -4.03. The number of urea groups is 1. The molecule has 5 rings (SSSR count). The van der Waals surface area contributed by atoms with E-state index in [2.05, 4.69) is 26.4 Å². The molecule has 3 N–H and O–H groups in total. The summed E-state index contributed by atoms with van der Waals surface area (Å²) in [5.41, 5.74) is 7.19. The van der Waals surface area contributed by atoms with Gasteiger partial charge in [-0.2, -0.15) is 0 Å². The molecule has 0 spiro atoms. The number of benzene rings is 2. The number of nitrogens with zero attached hydrogens (tertiary/aromatic N) is 1. The van der Waals surface area contributed by atoms with Gasteiger partial charge in [-0.3, -0.25) is 9.78 Å². The minimum absolute atomic E-state index is 0.00843. The Hall–Kier alpha value is -3.72. The van der Waals surface area contributed by atoms with Crippen LogP contribution in [0.1, 0.15) is 46.4 Å². The fraction of sp³-hybridized carbons (Fsp3) is 0.321. The van der Waals surface area contributed by atoms with E-state index in [0.717, 1.165) is 60.9 Å². The summed E-state index contributed by atoms with van der Waals surface area (Å²) in [6.45, 7) is 0.421. The molecule has 9 heteroatoms. The number of fused-ring (bicyclic) bond motifs is 2. The van der Waals surface area contributed by atoms with Crippen LogP contribution in [-0.4, -0.2) is 31.9 Å². The van der Waals surface area contributed by atoms with Gasteiger partial charge in [-0.1, -0.05) is 24.3 Å². The summed E-state index contributed by atoms with van der Waals surface area (Å²) in [6.07, 6.45) is 8.30. The Morgan fingerprint density at radius 3 is 2.24 bits per heavy atom. The second kappa shape index (κ2) is 10.7. The molecular formula is C28H30N4O4S. The van der Waals surface area contributed by atoms with E-state index in [4.69, 9.17) is 0 Å². The molecule has 8 nitrogen and oxygen atoms in total. The zero-order valence-electron chi connectivity index (χ0n) is 20.5. The average molecular weight is 519 g/mol. The van der Waals surface area contributed by atoms with Gasteiger partial charge < -0.3 is 10.6 Å². The van der Waals surface area contributed by atoms with Crippen LogP contribution in [0.2, 0.25) is 0 Å². The number of hydrogen-bond acceptors (Lipinski definition) is 5. The molecule has 0 radical (unpaired) electrons. The summed E-state index contributed by atoms with van der Waals surface area (Å²) in [4.78, 5) is 29.0. The lowest BCUT2D eigenvalue weighted by molar-refractivity contribution is -0.120. The number of aryl methyl sites for hydroxylation is 2. The van der Waals surface area contributed by atoms with Crippen molar-refractivity contribution in [2.45, 2.75) is 56.3 Å². The lowest BCUT2D eigenvalue weighted by Gasteiger charge is -2.16. The molecule has 0 fully saturated rings. The van der Waals surface area contributed by atoms with Crippen LogP contribution in [0.4, 0.5) is 10.5 Å². The number of hydrogen-bond donors (Lipinski definition) is 3. The highest BCUT2D eigenvalue weighted by Crippen LogP contribution is 2.38. The van der Waals surface area contributed by atoms with E-state index < -0.39 is 16.1 Å². The number of carbonyl (C=O) groups excluding carboxylic acids is 2. The maximum absolute atomic E-state index is 12.9. The van der Waals surface area contributed by atoms with Crippen molar-refractivity contribution in [1.82, 2.24) is 15.0 Å². The van der Waals surface area contributed by atoms with Crippen molar-refractivity contribution in [3.8, 4) is 0 Å². The van der Waals surface area contributed by atoms with Crippen molar-refractivity contribution in [2.75, 3.05) is 11.9 Å². The Labute approximate surface area is 217 Å². The molecular weight excluding hydrogens is 488 g/mol. The smallest absolute Gasteiger partial charge is 0.333 e. The third-order valence-corrected chi connectivity index (χ3v) is 8.32. The van der Waals surface area contributed by atoms with Crippen molar-refractivity contribution >= 4 is 27.6 Å². The maximum Gasteiger partial charge on any atom is 0.333 e. The van der Waals surface area contributed by atoms with Crippen LogP contribution in [0.15, 0.2) is 59.6 Å². The standard InChI is InChI=1S/C28H30N4O4S/c33-26(18-22-7-1-2-15-29-22)30-16-14-19-10-12-23(13-11-19)37(35,36)32-28(34)31-27-24-8-3-5-20(24)17-21-6-4-9-25(21)27/h1-2,7,10-13,15,17H,3-6,8-9,14,16,18H2,(H,30,33)(H2,31,32,34). The Morgan fingerprint density at radius 1 is 0.892 bits per heavy atom. The highest BCUT2D eigenvalue weighted by atomic mass is 32.2. The molecule has 37 heavy (non-hydrogen) atoms. The second-order valence-corrected chi connectivity index (χ2v) is 11.2. The first-order valence-corrected chi connectivity index (χ1v) is 14.1. The van der Waals surface area contributed by atoms with Gasteiger partial charge >= 0.3 is 6.03 Å². The van der Waals surface area contributed by atoms with Crippen molar-refractivity contribution < 1.29 is 18.0 Å². The highest BCUT2D eigenvalue weighted by molar-refractivity contribution is 7.90. The lowest BCUT2D eigenvalue weighted by Crippen LogP contribution is -2.35. The normalized spacial score (nSPS) is 14.1. The predicted octanol–water partition coefficient (Wildman–Crippen LogP) is 3.47. The van der Waals surface area contributed by atoms with Gasteiger partial charge in [0.25, 0.3) is 10.0 Å². The monoisotopic (exact) mass is 518 g/mol. The van der Waals surface area contributed by atoms with Crippen LogP contribution >= 0.6 is 0 Å². The van der Waals surface area contributed by atoms with Crippen molar-refractivity contribution in [3.63, 3.8) is 0 Å². The van der Waals surface area contributed by atoms with Gasteiger partial charge in [0.15, 0.2) is 0 Å². The topological polar surface area (TPSA) is 117 Å². The van der Waals surface area contributed by atoms with E-state index in [-0.39, 0.29) is 17.2 Å². The fourth-order valence-electron chi connectivity index (χ4n) is 5.20. The average Bonchev–Trinajstić information content (AvgIpc) is 3.54. The summed E-state index contributed by atoms with van der Waals surface area (Å²) in [5.74, 6) is -0.122. The summed E-state index contributed by atoms with van der Waals surface area (Å²) >= 11 is 0. The van der Waals surface area contributed by atoms with E-state index >= 15 is 0 Å². The van der Waals surface area contributed by atoms with Gasteiger partial charge in [0.1, 0.15) is 0 Å². The third-order valence-electron chi connectivity index (χ3n) is 6.98. The van der Waals surface area contributed by atoms with Gasteiger partial charge in [0.2, 0.25) is 5.91 Å². The number of amides is 3. The zero-order chi connectivity index (χ0) is 25.8. The summed E-state index contributed by atoms with van der Waals surface area (Å²) < 4.78 is 27.9. The van der Waals surface area contributed by atoms with E-state index in [1.165, 1.54) is 23.3 Å². The molecule has 2 aromatic carbocycles. The summed E-state index contributed by atoms with van der Waals surface area (Å²) in [6, 6.07) is 13.3. The molecule has 0 saturated heterocycles. The first kappa shape index (κ1) is 25.0. The molecule has 0 bridgehead atoms. The maximum atomic E-state index is 12.9. The second-order valence-electron chi connectivity index (χ2n) is 9.54. The van der Waals surface area contributed by atoms with Gasteiger partial charge in [-0.05, 0) is 97.0 Å². The van der Waals surface area contributed by atoms with Crippen LogP contribution in [0.25, 0.3) is 0 Å². The van der Waals surface area contributed by atoms with Crippen LogP contribution in [0.5, 0.6) is 0 Å². The van der Waals surface area contributed by atoms with Crippen LogP contribution in [0.3, 0.4) is 0 Å². The van der Waals surface area contributed by atoms with Gasteiger partial charge in [0, 0.05) is 24.1 Å². The van der Waals surface area contributed by atoms with Crippen LogP contribution in [-0.2, 0) is 53.3 Å². The molecule has 3 aromatic rings. The minimum atomic E-state index is -4.03. The van der Waals surface area contributed by atoms with Gasteiger partial charge in [0.05, 0.1) is 11.3 Å². The van der Waals surface area contributed by atoms with E-state index in [0.29, 0.717) is 18.7 Å². The number of nitrogens with one attached hydrogen (secondary N) is 3. The van der Waals surface area contributed by atoms with Crippen LogP contribution in [0, 0.1) is 0 Å². The predicted molar refractivity (Wildman–Crippen MR) is 141 cm³/mol. The van der Waals surface area contributed by atoms with Crippen molar-refractivity contribution in [3.05, 3.63) is 88.2 Å². The molecule has 1 heterocycles. The Bertz CT molecular complexity index is 1390. The van der Waals surface area contributed by atoms with E-state index in [1.807, 2.05) is 6.07 Å². The number of anilines is 1. The SMILES string of the molecule is O=C(Cc1ccccn1)NCCc1ccc(S(=O)(=O)NC(=O)Nc2c3c(cc4c2CCC4)CCC3)cc1. The highest BCUT2D eigenvalue weighted by Gasteiger charge is 2.26. The van der Waals surface area contributed by atoms with Crippen molar-refractivity contribution in [1.29, 1.82) is 0 Å². The van der Waals surface area contributed by atoms with Gasteiger partial charge in [-0.25, -0.2) is 17.9 Å². The van der Waals surface area contributed by atoms with Crippen LogP contribution < -0.4 is 15.4 Å². The molecule has 192 valence electrons. The largest absolute Gasteiger partial charge is 0.355 e. The minimum Gasteiger partial charge on any atom is -0.355 e. The molecule has 0 aliphatic heterocycles. The quantitative estimate of drug-likeness (QED) is 0.422. The molecule has 0 atom stereocenters. The fourth-order valence-corrected chi connectivity index (χ4v) is 6.11. The number of carbonyl (C=O) groups is 2. The number of rotatable bonds is 8. The molecule has 3 amide bonds. The first-order valence-electron chi connectivity index (χ1n) is 12.6. The zero-order valence-corrected chi connectivity index (χ0v) is 21.4. The van der Waals surface area contributed by atoms with Gasteiger partial charge in [-0.15, -0.1) is 0 Å². The Kier molecular flexibility index (Phi) is 7.23. The summed E-state index contributed by atoms with van der Waals surface area (Å²) in [5, 5.41) is 5.71. The van der Waals surface area contributed by atoms with E-state index in [9.17, 15) is 18.0 Å². The lowest BCUT2D eigenvalue weighted by atomic mass is 9.99. The molecule has 0 unspecified atom stereocenters. The Morgan fingerprint density at radius 2 is 1.59 bits per heavy atom. The first-order chi connectivity index (χ1) is 17.9. The van der Waals surface area contributed by atoms with Crippen molar-refractivity contribution in [2.24, 2.45) is 0 Å². The third kappa shape index (κ3) is 5.83. The Balaban J connectivity index is 1.16. The molecule has 0 saturated carbocycles.